The molecule has 1 fully saturated rings. The average molecular weight is 465 g/mol. The van der Waals surface area contributed by atoms with Crippen LogP contribution < -0.4 is 16.4 Å². The lowest BCUT2D eigenvalue weighted by atomic mass is 9.94. The Labute approximate surface area is 197 Å². The summed E-state index contributed by atoms with van der Waals surface area (Å²) in [4.78, 5) is 19.5. The maximum atomic E-state index is 13.9. The van der Waals surface area contributed by atoms with E-state index in [1.54, 1.807) is 0 Å². The van der Waals surface area contributed by atoms with Crippen molar-refractivity contribution in [3.05, 3.63) is 77.0 Å². The van der Waals surface area contributed by atoms with Crippen molar-refractivity contribution in [1.29, 1.82) is 5.26 Å². The smallest absolute Gasteiger partial charge is 0.320 e. The summed E-state index contributed by atoms with van der Waals surface area (Å²) in [5.74, 6) is -1.78. The summed E-state index contributed by atoms with van der Waals surface area (Å²) in [5, 5.41) is 14.9. The van der Waals surface area contributed by atoms with Gasteiger partial charge in [0.05, 0.1) is 24.3 Å². The molecule has 4 rings (SSSR count). The SMILES string of the molecule is N#CCN1C[C@@H](NC(=O)NC(=Nc2ccccc2)C2=C(N)CCC2)[C@H](c2ccc(F)c(F)c2)C1. The third-order valence-corrected chi connectivity index (χ3v) is 6.15. The van der Waals surface area contributed by atoms with Gasteiger partial charge < -0.3 is 11.1 Å². The van der Waals surface area contributed by atoms with Crippen LogP contribution in [0.3, 0.4) is 0 Å². The van der Waals surface area contributed by atoms with Gasteiger partial charge in [0.25, 0.3) is 0 Å². The highest BCUT2D eigenvalue weighted by Crippen LogP contribution is 2.29. The zero-order chi connectivity index (χ0) is 24.1. The Hall–Kier alpha value is -3.77. The zero-order valence-corrected chi connectivity index (χ0v) is 18.6. The molecule has 0 saturated carbocycles. The molecule has 0 spiro atoms. The van der Waals surface area contributed by atoms with Gasteiger partial charge in [-0.1, -0.05) is 24.3 Å². The second kappa shape index (κ2) is 10.4. The largest absolute Gasteiger partial charge is 0.402 e. The number of urea groups is 1. The molecule has 7 nitrogen and oxygen atoms in total. The topological polar surface area (TPSA) is 107 Å². The van der Waals surface area contributed by atoms with Gasteiger partial charge in [0.15, 0.2) is 11.6 Å². The van der Waals surface area contributed by atoms with Gasteiger partial charge in [-0.3, -0.25) is 10.2 Å². The third kappa shape index (κ3) is 5.41. The lowest BCUT2D eigenvalue weighted by molar-refractivity contribution is 0.240. The van der Waals surface area contributed by atoms with E-state index in [2.05, 4.69) is 21.7 Å². The van der Waals surface area contributed by atoms with Crippen LogP contribution in [0.2, 0.25) is 0 Å². The molecule has 0 aromatic heterocycles. The fraction of sp³-hybridized carbons (Fsp3) is 0.320. The van der Waals surface area contributed by atoms with Gasteiger partial charge in [0.2, 0.25) is 0 Å². The molecule has 2 aromatic rings. The predicted molar refractivity (Wildman–Crippen MR) is 125 cm³/mol. The number of carbonyl (C=O) groups excluding carboxylic acids is 1. The van der Waals surface area contributed by atoms with E-state index in [9.17, 15) is 13.6 Å². The highest BCUT2D eigenvalue weighted by molar-refractivity contribution is 6.09. The van der Waals surface area contributed by atoms with Crippen molar-refractivity contribution in [3.8, 4) is 6.07 Å². The van der Waals surface area contributed by atoms with Gasteiger partial charge in [-0.05, 0) is 49.1 Å². The second-order valence-corrected chi connectivity index (χ2v) is 8.49. The molecule has 1 aliphatic carbocycles. The minimum absolute atomic E-state index is 0.171. The number of amides is 2. The number of likely N-dealkylation sites (tertiary alicyclic amines) is 1. The molecule has 2 aliphatic rings. The Bertz CT molecular complexity index is 1160. The van der Waals surface area contributed by atoms with Crippen molar-refractivity contribution >= 4 is 17.6 Å². The van der Waals surface area contributed by atoms with Gasteiger partial charge >= 0.3 is 6.03 Å². The predicted octanol–water partition coefficient (Wildman–Crippen LogP) is 3.68. The number of carbonyl (C=O) groups is 1. The molecular weight excluding hydrogens is 438 g/mol. The van der Waals surface area contributed by atoms with E-state index in [0.717, 1.165) is 30.5 Å². The number of nitriles is 1. The van der Waals surface area contributed by atoms with E-state index in [0.29, 0.717) is 42.3 Å². The van der Waals surface area contributed by atoms with E-state index < -0.39 is 23.7 Å². The number of rotatable bonds is 5. The summed E-state index contributed by atoms with van der Waals surface area (Å²) < 4.78 is 27.3. The van der Waals surface area contributed by atoms with Gasteiger partial charge in [-0.25, -0.2) is 18.6 Å². The minimum Gasteiger partial charge on any atom is -0.402 e. The fourth-order valence-electron chi connectivity index (χ4n) is 4.49. The van der Waals surface area contributed by atoms with Gasteiger partial charge in [-0.15, -0.1) is 0 Å². The Morgan fingerprint density at radius 1 is 1.15 bits per heavy atom. The van der Waals surface area contributed by atoms with Crippen molar-refractivity contribution in [1.82, 2.24) is 15.5 Å². The number of benzene rings is 2. The van der Waals surface area contributed by atoms with Crippen LogP contribution in [0.4, 0.5) is 19.3 Å². The Kier molecular flexibility index (Phi) is 7.18. The van der Waals surface area contributed by atoms with E-state index in [-0.39, 0.29) is 12.5 Å². The number of hydrogen-bond acceptors (Lipinski definition) is 5. The molecule has 34 heavy (non-hydrogen) atoms. The van der Waals surface area contributed by atoms with Gasteiger partial charge in [0.1, 0.15) is 5.84 Å². The van der Waals surface area contributed by atoms with Crippen molar-refractivity contribution < 1.29 is 13.6 Å². The molecule has 1 aliphatic heterocycles. The number of aliphatic imine (C=N–C) groups is 1. The Morgan fingerprint density at radius 2 is 1.94 bits per heavy atom. The highest BCUT2D eigenvalue weighted by Gasteiger charge is 2.35. The molecule has 1 heterocycles. The first-order chi connectivity index (χ1) is 16.4. The van der Waals surface area contributed by atoms with E-state index >= 15 is 0 Å². The monoisotopic (exact) mass is 464 g/mol. The van der Waals surface area contributed by atoms with Crippen LogP contribution in [-0.4, -0.2) is 42.4 Å². The second-order valence-electron chi connectivity index (χ2n) is 8.49. The molecule has 0 bridgehead atoms. The Balaban J connectivity index is 1.54. The average Bonchev–Trinajstić information content (AvgIpc) is 3.42. The molecule has 9 heteroatoms. The molecule has 4 N–H and O–H groups in total. The van der Waals surface area contributed by atoms with Crippen LogP contribution in [0, 0.1) is 23.0 Å². The standard InChI is InChI=1S/C25H26F2N6O/c26-20-10-9-16(13-21(20)27)19-14-33(12-11-28)15-23(19)31-25(34)32-24(18-7-4-8-22(18)29)30-17-5-2-1-3-6-17/h1-3,5-6,9-10,13,19,23H,4,7-8,12,14-15,29H2,(H2,30,31,32,34)/t19-,23+/m0/s1. The first-order valence-corrected chi connectivity index (χ1v) is 11.2. The number of allylic oxidation sites excluding steroid dienone is 1. The zero-order valence-electron chi connectivity index (χ0n) is 18.6. The normalized spacial score (nSPS) is 20.9. The fourth-order valence-corrected chi connectivity index (χ4v) is 4.49. The summed E-state index contributed by atoms with van der Waals surface area (Å²) in [7, 11) is 0. The van der Waals surface area contributed by atoms with Crippen LogP contribution in [0.1, 0.15) is 30.7 Å². The molecule has 176 valence electrons. The maximum absolute atomic E-state index is 13.9. The van der Waals surface area contributed by atoms with Gasteiger partial charge in [-0.2, -0.15) is 5.26 Å². The highest BCUT2D eigenvalue weighted by atomic mass is 19.2. The number of nitrogens with two attached hydrogens (primary N) is 1. The first-order valence-electron chi connectivity index (χ1n) is 11.2. The maximum Gasteiger partial charge on any atom is 0.320 e. The number of amidine groups is 1. The quantitative estimate of drug-likeness (QED) is 0.356. The van der Waals surface area contributed by atoms with Crippen LogP contribution in [0.15, 0.2) is 64.8 Å². The Morgan fingerprint density at radius 3 is 2.62 bits per heavy atom. The van der Waals surface area contributed by atoms with Gasteiger partial charge in [0, 0.05) is 30.3 Å². The summed E-state index contributed by atoms with van der Waals surface area (Å²) >= 11 is 0. The van der Waals surface area contributed by atoms with Crippen LogP contribution in [0.5, 0.6) is 0 Å². The molecule has 2 aromatic carbocycles. The molecule has 2 amide bonds. The molecule has 0 radical (unpaired) electrons. The van der Waals surface area contributed by atoms with E-state index in [1.807, 2.05) is 35.2 Å². The summed E-state index contributed by atoms with van der Waals surface area (Å²) in [6, 6.07) is 14.2. The van der Waals surface area contributed by atoms with Crippen molar-refractivity contribution in [3.63, 3.8) is 0 Å². The summed E-state index contributed by atoms with van der Waals surface area (Å²) in [5.41, 5.74) is 8.94. The number of nitrogens with one attached hydrogen (secondary N) is 2. The minimum atomic E-state index is -0.944. The molecule has 0 unspecified atom stereocenters. The molecule has 2 atom stereocenters. The van der Waals surface area contributed by atoms with Crippen LogP contribution in [0.25, 0.3) is 0 Å². The van der Waals surface area contributed by atoms with Crippen molar-refractivity contribution in [2.24, 2.45) is 10.7 Å². The molecular formula is C25H26F2N6O. The lowest BCUT2D eigenvalue weighted by Gasteiger charge is -2.21. The lowest BCUT2D eigenvalue weighted by Crippen LogP contribution is -2.47. The van der Waals surface area contributed by atoms with E-state index in [4.69, 9.17) is 11.0 Å². The third-order valence-electron chi connectivity index (χ3n) is 6.15. The number of halogens is 2. The van der Waals surface area contributed by atoms with Crippen LogP contribution in [-0.2, 0) is 0 Å². The van der Waals surface area contributed by atoms with Crippen LogP contribution >= 0.6 is 0 Å². The van der Waals surface area contributed by atoms with Crippen molar-refractivity contribution in [2.45, 2.75) is 31.2 Å². The molecule has 1 saturated heterocycles. The summed E-state index contributed by atoms with van der Waals surface area (Å²) in [6.07, 6.45) is 2.35. The number of nitrogens with zero attached hydrogens (tertiary/aromatic N) is 3. The van der Waals surface area contributed by atoms with E-state index in [1.165, 1.54) is 6.07 Å². The summed E-state index contributed by atoms with van der Waals surface area (Å²) in [6.45, 7) is 1.01. The number of para-hydroxylation sites is 1. The van der Waals surface area contributed by atoms with Crippen molar-refractivity contribution in [2.75, 3.05) is 19.6 Å². The number of hydrogen-bond donors (Lipinski definition) is 3. The first kappa shape index (κ1) is 23.4.